The van der Waals surface area contributed by atoms with Gasteiger partial charge in [0.1, 0.15) is 5.54 Å². The lowest BCUT2D eigenvalue weighted by Crippen LogP contribution is -2.55. The van der Waals surface area contributed by atoms with E-state index >= 15 is 0 Å². The van der Waals surface area contributed by atoms with Crippen LogP contribution in [0.25, 0.3) is 16.9 Å². The van der Waals surface area contributed by atoms with Gasteiger partial charge in [0.2, 0.25) is 0 Å². The lowest BCUT2D eigenvalue weighted by atomic mass is 9.87. The Morgan fingerprint density at radius 1 is 1.00 bits per heavy atom. The molecule has 2 fully saturated rings. The van der Waals surface area contributed by atoms with Crippen LogP contribution in [0.3, 0.4) is 0 Å². The Morgan fingerprint density at radius 3 is 2.31 bits per heavy atom. The average molecular weight is 430 g/mol. The van der Waals surface area contributed by atoms with E-state index in [4.69, 9.17) is 0 Å². The fourth-order valence-corrected chi connectivity index (χ4v) is 4.25. The number of aryl methyl sites for hydroxylation is 1. The third kappa shape index (κ3) is 3.41. The second-order valence-corrected chi connectivity index (χ2v) is 8.23. The molecule has 2 aromatic carbocycles. The van der Waals surface area contributed by atoms with Crippen molar-refractivity contribution in [3.63, 3.8) is 0 Å². The lowest BCUT2D eigenvalue weighted by molar-refractivity contribution is -0.125. The fraction of sp³-hybridized carbons (Fsp3) is 0.261. The van der Waals surface area contributed by atoms with Gasteiger partial charge in [-0.05, 0) is 44.0 Å². The van der Waals surface area contributed by atoms with Crippen molar-refractivity contribution in [2.75, 3.05) is 13.1 Å². The van der Waals surface area contributed by atoms with Crippen LogP contribution in [0.15, 0.2) is 54.7 Å². The number of nitrogens with one attached hydrogen (secondary N) is 2. The Labute approximate surface area is 184 Å². The summed E-state index contributed by atoms with van der Waals surface area (Å²) in [7, 11) is 0. The Hall–Kier alpha value is -4.01. The van der Waals surface area contributed by atoms with Gasteiger partial charge in [-0.15, -0.1) is 5.10 Å². The van der Waals surface area contributed by atoms with Gasteiger partial charge in [-0.3, -0.25) is 14.9 Å². The number of imide groups is 1. The van der Waals surface area contributed by atoms with Crippen LogP contribution in [0.2, 0.25) is 0 Å². The molecular weight excluding hydrogens is 408 g/mol. The van der Waals surface area contributed by atoms with Crippen molar-refractivity contribution in [2.24, 2.45) is 0 Å². The summed E-state index contributed by atoms with van der Waals surface area (Å²) in [5.41, 5.74) is 3.51. The Balaban J connectivity index is 1.30. The van der Waals surface area contributed by atoms with Gasteiger partial charge in [0.05, 0.1) is 17.6 Å². The molecule has 2 aliphatic rings. The number of rotatable bonds is 3. The molecule has 0 atom stereocenters. The van der Waals surface area contributed by atoms with E-state index in [0.717, 1.165) is 16.9 Å². The highest BCUT2D eigenvalue weighted by Crippen LogP contribution is 2.27. The molecule has 32 heavy (non-hydrogen) atoms. The minimum atomic E-state index is -0.892. The summed E-state index contributed by atoms with van der Waals surface area (Å²) in [6, 6.07) is 14.9. The maximum Gasteiger partial charge on any atom is 0.322 e. The van der Waals surface area contributed by atoms with Gasteiger partial charge in [-0.25, -0.2) is 9.48 Å². The third-order valence-electron chi connectivity index (χ3n) is 6.17. The molecule has 0 unspecified atom stereocenters. The van der Waals surface area contributed by atoms with E-state index in [1.54, 1.807) is 27.9 Å². The van der Waals surface area contributed by atoms with E-state index in [9.17, 15) is 14.4 Å². The van der Waals surface area contributed by atoms with Crippen LogP contribution in [-0.4, -0.2) is 56.4 Å². The van der Waals surface area contributed by atoms with Gasteiger partial charge in [0, 0.05) is 24.2 Å². The summed E-state index contributed by atoms with van der Waals surface area (Å²) < 4.78 is 1.74. The topological polar surface area (TPSA) is 109 Å². The molecule has 9 nitrogen and oxygen atoms in total. The lowest BCUT2D eigenvalue weighted by Gasteiger charge is -2.37. The summed E-state index contributed by atoms with van der Waals surface area (Å²) in [5, 5.41) is 13.2. The SMILES string of the molecule is Cc1ccc(-c2cnnn2-c2ccc(C(=O)N3CCC4(CC3)NC(=O)NC4=O)cc2)cc1. The van der Waals surface area contributed by atoms with Crippen LogP contribution >= 0.6 is 0 Å². The molecule has 4 amide bonds. The zero-order valence-electron chi connectivity index (χ0n) is 17.5. The van der Waals surface area contributed by atoms with E-state index in [1.165, 1.54) is 5.56 Å². The first kappa shape index (κ1) is 19.9. The molecule has 2 N–H and O–H groups in total. The molecule has 1 spiro atoms. The number of nitrogens with zero attached hydrogens (tertiary/aromatic N) is 4. The van der Waals surface area contributed by atoms with E-state index in [-0.39, 0.29) is 11.8 Å². The summed E-state index contributed by atoms with van der Waals surface area (Å²) >= 11 is 0. The fourth-order valence-electron chi connectivity index (χ4n) is 4.25. The number of carbonyl (C=O) groups is 3. The van der Waals surface area contributed by atoms with Crippen molar-refractivity contribution in [3.8, 4) is 16.9 Å². The van der Waals surface area contributed by atoms with E-state index < -0.39 is 11.6 Å². The molecule has 9 heteroatoms. The molecule has 2 aliphatic heterocycles. The van der Waals surface area contributed by atoms with Gasteiger partial charge in [-0.2, -0.15) is 0 Å². The Morgan fingerprint density at radius 2 is 1.69 bits per heavy atom. The molecule has 3 heterocycles. The monoisotopic (exact) mass is 430 g/mol. The zero-order chi connectivity index (χ0) is 22.3. The van der Waals surface area contributed by atoms with Crippen molar-refractivity contribution >= 4 is 17.8 Å². The van der Waals surface area contributed by atoms with Crippen LogP contribution < -0.4 is 10.6 Å². The standard InChI is InChI=1S/C23H22N6O3/c1-15-2-4-16(5-3-15)19-14-24-27-29(19)18-8-6-17(7-9-18)20(30)28-12-10-23(11-13-28)21(31)25-22(32)26-23/h2-9,14H,10-13H2,1H3,(H2,25,26,31,32). The number of hydrogen-bond donors (Lipinski definition) is 2. The second kappa shape index (κ2) is 7.60. The maximum absolute atomic E-state index is 13.0. The highest BCUT2D eigenvalue weighted by Gasteiger charge is 2.48. The van der Waals surface area contributed by atoms with Crippen LogP contribution in [0.1, 0.15) is 28.8 Å². The number of hydrogen-bond acceptors (Lipinski definition) is 5. The number of piperidine rings is 1. The highest BCUT2D eigenvalue weighted by atomic mass is 16.2. The van der Waals surface area contributed by atoms with E-state index in [2.05, 4.69) is 20.9 Å². The minimum Gasteiger partial charge on any atom is -0.338 e. The van der Waals surface area contributed by atoms with Crippen LogP contribution in [0.5, 0.6) is 0 Å². The van der Waals surface area contributed by atoms with E-state index in [1.807, 2.05) is 43.3 Å². The zero-order valence-corrected chi connectivity index (χ0v) is 17.5. The van der Waals surface area contributed by atoms with Crippen molar-refractivity contribution < 1.29 is 14.4 Å². The van der Waals surface area contributed by atoms with Crippen molar-refractivity contribution in [3.05, 3.63) is 65.9 Å². The average Bonchev–Trinajstić information content (AvgIpc) is 3.39. The Kier molecular flexibility index (Phi) is 4.73. The predicted molar refractivity (Wildman–Crippen MR) is 116 cm³/mol. The normalized spacial score (nSPS) is 17.3. The minimum absolute atomic E-state index is 0.103. The number of likely N-dealkylation sites (tertiary alicyclic amines) is 1. The smallest absolute Gasteiger partial charge is 0.322 e. The first-order valence-electron chi connectivity index (χ1n) is 10.5. The summed E-state index contributed by atoms with van der Waals surface area (Å²) in [6.45, 7) is 2.83. The number of urea groups is 1. The molecule has 1 aromatic heterocycles. The number of aromatic nitrogens is 3. The van der Waals surface area contributed by atoms with E-state index in [0.29, 0.717) is 31.5 Å². The third-order valence-corrected chi connectivity index (χ3v) is 6.17. The predicted octanol–water partition coefficient (Wildman–Crippen LogP) is 2.06. The van der Waals surface area contributed by atoms with Crippen LogP contribution in [-0.2, 0) is 4.79 Å². The van der Waals surface area contributed by atoms with Gasteiger partial charge < -0.3 is 10.2 Å². The van der Waals surface area contributed by atoms with Gasteiger partial charge in [0.25, 0.3) is 11.8 Å². The van der Waals surface area contributed by atoms with Crippen LogP contribution in [0.4, 0.5) is 4.79 Å². The molecule has 0 saturated carbocycles. The largest absolute Gasteiger partial charge is 0.338 e. The summed E-state index contributed by atoms with van der Waals surface area (Å²) in [5.74, 6) is -0.412. The van der Waals surface area contributed by atoms with Gasteiger partial charge in [-0.1, -0.05) is 35.0 Å². The van der Waals surface area contributed by atoms with Crippen molar-refractivity contribution in [2.45, 2.75) is 25.3 Å². The van der Waals surface area contributed by atoms with Crippen molar-refractivity contribution in [1.29, 1.82) is 0 Å². The number of benzene rings is 2. The summed E-state index contributed by atoms with van der Waals surface area (Å²) in [6.07, 6.45) is 2.51. The van der Waals surface area contributed by atoms with Crippen molar-refractivity contribution in [1.82, 2.24) is 30.5 Å². The maximum atomic E-state index is 13.0. The molecule has 5 rings (SSSR count). The van der Waals surface area contributed by atoms with Gasteiger partial charge >= 0.3 is 6.03 Å². The molecule has 0 bridgehead atoms. The first-order valence-corrected chi connectivity index (χ1v) is 10.5. The quantitative estimate of drug-likeness (QED) is 0.618. The molecule has 3 aromatic rings. The first-order chi connectivity index (χ1) is 15.4. The summed E-state index contributed by atoms with van der Waals surface area (Å²) in [4.78, 5) is 38.3. The molecule has 0 aliphatic carbocycles. The molecule has 2 saturated heterocycles. The second-order valence-electron chi connectivity index (χ2n) is 8.23. The number of carbonyl (C=O) groups excluding carboxylic acids is 3. The number of amides is 4. The molecule has 162 valence electrons. The van der Waals surface area contributed by atoms with Gasteiger partial charge in [0.15, 0.2) is 0 Å². The highest BCUT2D eigenvalue weighted by molar-refractivity contribution is 6.07. The molecule has 0 radical (unpaired) electrons. The Bertz CT molecular complexity index is 1190. The molecular formula is C23H22N6O3. The van der Waals surface area contributed by atoms with Crippen LogP contribution in [0, 0.1) is 6.92 Å².